The molecule has 0 atom stereocenters. The first-order chi connectivity index (χ1) is 9.67. The van der Waals surface area contributed by atoms with Crippen molar-refractivity contribution in [2.45, 2.75) is 12.3 Å². The number of hydrogen-bond donors (Lipinski definition) is 1. The van der Waals surface area contributed by atoms with Crippen molar-refractivity contribution in [1.29, 1.82) is 0 Å². The molecule has 0 aliphatic carbocycles. The number of thiazole rings is 1. The van der Waals surface area contributed by atoms with Crippen LogP contribution in [0.1, 0.15) is 4.88 Å². The molecule has 1 aromatic heterocycles. The first-order valence-corrected chi connectivity index (χ1v) is 6.92. The van der Waals surface area contributed by atoms with Gasteiger partial charge >= 0.3 is 0 Å². The van der Waals surface area contributed by atoms with Crippen molar-refractivity contribution in [3.05, 3.63) is 26.7 Å². The summed E-state index contributed by atoms with van der Waals surface area (Å²) in [6, 6.07) is 0. The Balaban J connectivity index is 1.80. The van der Waals surface area contributed by atoms with E-state index in [1.54, 1.807) is 16.6 Å². The van der Waals surface area contributed by atoms with Crippen LogP contribution < -0.4 is 5.32 Å². The first kappa shape index (κ1) is 13.2. The largest absolute Gasteiger partial charge is 0.345 e. The minimum absolute atomic E-state index is 0.216. The normalized spacial score (nSPS) is 23.2. The van der Waals surface area contributed by atoms with E-state index in [0.717, 1.165) is 4.88 Å². The maximum absolute atomic E-state index is 10.6. The number of hydrazone groups is 1. The van der Waals surface area contributed by atoms with Gasteiger partial charge in [-0.2, -0.15) is 0 Å². The maximum atomic E-state index is 10.6. The lowest BCUT2D eigenvalue weighted by molar-refractivity contribution is -0.486. The molecule has 2 saturated heterocycles. The topological polar surface area (TPSA) is 102 Å². The highest BCUT2D eigenvalue weighted by atomic mass is 32.1. The minimum atomic E-state index is -0.750. The molecule has 1 spiro atoms. The molecular formula is C10H13N5O4S. The van der Waals surface area contributed by atoms with Gasteiger partial charge in [0.25, 0.3) is 5.96 Å². The summed E-state index contributed by atoms with van der Waals surface area (Å²) in [7, 11) is 0. The van der Waals surface area contributed by atoms with Crippen molar-refractivity contribution in [3.8, 4) is 0 Å². The Bertz CT molecular complexity index is 514. The Morgan fingerprint density at radius 3 is 3.05 bits per heavy atom. The van der Waals surface area contributed by atoms with Crippen LogP contribution in [0.2, 0.25) is 0 Å². The summed E-state index contributed by atoms with van der Waals surface area (Å²) < 4.78 is 11.2. The monoisotopic (exact) mass is 299 g/mol. The van der Waals surface area contributed by atoms with E-state index in [1.807, 2.05) is 0 Å². The second-order valence-electron chi connectivity index (χ2n) is 4.45. The molecule has 2 aliphatic rings. The second kappa shape index (κ2) is 5.31. The first-order valence-electron chi connectivity index (χ1n) is 6.04. The lowest BCUT2D eigenvalue weighted by Gasteiger charge is -2.39. The fraction of sp³-hybridized carbons (Fsp3) is 0.600. The van der Waals surface area contributed by atoms with E-state index in [-0.39, 0.29) is 5.96 Å². The summed E-state index contributed by atoms with van der Waals surface area (Å²) in [4.78, 5) is 17.3. The van der Waals surface area contributed by atoms with Gasteiger partial charge in [0.1, 0.15) is 5.10 Å². The van der Waals surface area contributed by atoms with Gasteiger partial charge in [0.05, 0.1) is 38.4 Å². The highest BCUT2D eigenvalue weighted by molar-refractivity contribution is 7.09. The van der Waals surface area contributed by atoms with Crippen LogP contribution in [0.25, 0.3) is 0 Å². The predicted molar refractivity (Wildman–Crippen MR) is 69.6 cm³/mol. The summed E-state index contributed by atoms with van der Waals surface area (Å²) in [5.74, 6) is -0.534. The zero-order valence-corrected chi connectivity index (χ0v) is 11.3. The van der Waals surface area contributed by atoms with Crippen molar-refractivity contribution in [2.24, 2.45) is 5.10 Å². The highest BCUT2D eigenvalue weighted by Gasteiger charge is 2.43. The Labute approximate surface area is 118 Å². The third-order valence-corrected chi connectivity index (χ3v) is 3.83. The molecule has 0 bridgehead atoms. The van der Waals surface area contributed by atoms with E-state index in [4.69, 9.17) is 9.47 Å². The van der Waals surface area contributed by atoms with Gasteiger partial charge in [-0.15, -0.1) is 11.3 Å². The molecule has 3 heterocycles. The van der Waals surface area contributed by atoms with Crippen LogP contribution in [0.15, 0.2) is 16.8 Å². The Morgan fingerprint density at radius 2 is 2.40 bits per heavy atom. The number of ether oxygens (including phenoxy) is 2. The van der Waals surface area contributed by atoms with Crippen LogP contribution in [0.5, 0.6) is 0 Å². The molecule has 0 unspecified atom stereocenters. The highest BCUT2D eigenvalue weighted by Crippen LogP contribution is 2.24. The fourth-order valence-electron chi connectivity index (χ4n) is 2.25. The summed E-state index contributed by atoms with van der Waals surface area (Å²) in [6.45, 7) is 2.26. The SMILES string of the molecule is O=[N+]([O-])N=C1NCC2(CN1Cc1cncs1)OCCO2. The van der Waals surface area contributed by atoms with Crippen LogP contribution in [-0.2, 0) is 16.0 Å². The van der Waals surface area contributed by atoms with E-state index in [9.17, 15) is 10.1 Å². The Hall–Kier alpha value is -1.78. The van der Waals surface area contributed by atoms with Gasteiger partial charge in [-0.25, -0.2) is 10.1 Å². The van der Waals surface area contributed by atoms with Crippen LogP contribution in [0.4, 0.5) is 0 Å². The van der Waals surface area contributed by atoms with Gasteiger partial charge < -0.3 is 19.7 Å². The van der Waals surface area contributed by atoms with Gasteiger partial charge in [0.15, 0.2) is 5.03 Å². The summed E-state index contributed by atoms with van der Waals surface area (Å²) in [5, 5.41) is 16.2. The van der Waals surface area contributed by atoms with Gasteiger partial charge in [-0.05, 0) is 0 Å². The smallest absolute Gasteiger partial charge is 0.272 e. The quantitative estimate of drug-likeness (QED) is 0.611. The van der Waals surface area contributed by atoms with Crippen molar-refractivity contribution < 1.29 is 14.5 Å². The lowest BCUT2D eigenvalue weighted by Crippen LogP contribution is -2.61. The molecule has 0 aromatic carbocycles. The van der Waals surface area contributed by atoms with Crippen LogP contribution >= 0.6 is 11.3 Å². The van der Waals surface area contributed by atoms with E-state index < -0.39 is 10.8 Å². The minimum Gasteiger partial charge on any atom is -0.345 e. The average molecular weight is 299 g/mol. The number of hydrogen-bond acceptors (Lipinski definition) is 6. The summed E-state index contributed by atoms with van der Waals surface area (Å²) in [5.41, 5.74) is 1.72. The van der Waals surface area contributed by atoms with Crippen molar-refractivity contribution >= 4 is 17.3 Å². The molecule has 108 valence electrons. The van der Waals surface area contributed by atoms with E-state index in [1.165, 1.54) is 11.3 Å². The molecule has 1 aromatic rings. The van der Waals surface area contributed by atoms with E-state index >= 15 is 0 Å². The zero-order chi connectivity index (χ0) is 14.0. The predicted octanol–water partition coefficient (Wildman–Crippen LogP) is -0.161. The lowest BCUT2D eigenvalue weighted by atomic mass is 10.2. The molecule has 9 nitrogen and oxygen atoms in total. The van der Waals surface area contributed by atoms with Crippen LogP contribution in [0.3, 0.4) is 0 Å². The number of nitro groups is 1. The maximum Gasteiger partial charge on any atom is 0.272 e. The van der Waals surface area contributed by atoms with Gasteiger partial charge in [0.2, 0.25) is 5.79 Å². The molecule has 0 amide bonds. The van der Waals surface area contributed by atoms with Crippen LogP contribution in [0, 0.1) is 10.1 Å². The molecule has 20 heavy (non-hydrogen) atoms. The van der Waals surface area contributed by atoms with E-state index in [2.05, 4.69) is 15.4 Å². The summed E-state index contributed by atoms with van der Waals surface area (Å²) in [6.07, 6.45) is 1.73. The summed E-state index contributed by atoms with van der Waals surface area (Å²) >= 11 is 1.48. The number of aromatic nitrogens is 1. The number of nitrogens with one attached hydrogen (secondary N) is 1. The molecular weight excluding hydrogens is 286 g/mol. The standard InChI is InChI=1S/C10H13N5O4S/c16-15(17)13-9-12-5-10(18-1-2-19-10)6-14(9)4-8-3-11-7-20-8/h3,7H,1-2,4-6H2,(H,12,13). The molecule has 0 saturated carbocycles. The third-order valence-electron chi connectivity index (χ3n) is 3.07. The van der Waals surface area contributed by atoms with Crippen LogP contribution in [-0.4, -0.2) is 53.0 Å². The fourth-order valence-corrected chi connectivity index (χ4v) is 2.86. The second-order valence-corrected chi connectivity index (χ2v) is 5.42. The molecule has 10 heteroatoms. The number of nitrogens with zero attached hydrogens (tertiary/aromatic N) is 4. The third kappa shape index (κ3) is 2.71. The molecule has 2 aliphatic heterocycles. The molecule has 2 fully saturated rings. The van der Waals surface area contributed by atoms with Gasteiger partial charge in [0, 0.05) is 11.1 Å². The Kier molecular flexibility index (Phi) is 3.51. The molecule has 3 rings (SSSR count). The number of rotatable bonds is 3. The van der Waals surface area contributed by atoms with Gasteiger partial charge in [-0.1, -0.05) is 0 Å². The van der Waals surface area contributed by atoms with Crippen molar-refractivity contribution in [3.63, 3.8) is 0 Å². The number of guanidine groups is 1. The van der Waals surface area contributed by atoms with Gasteiger partial charge in [-0.3, -0.25) is 4.98 Å². The Morgan fingerprint density at radius 1 is 1.60 bits per heavy atom. The van der Waals surface area contributed by atoms with Crippen molar-refractivity contribution in [1.82, 2.24) is 15.2 Å². The average Bonchev–Trinajstić information content (AvgIpc) is 3.05. The zero-order valence-electron chi connectivity index (χ0n) is 10.5. The molecule has 1 N–H and O–H groups in total. The molecule has 0 radical (unpaired) electrons. The van der Waals surface area contributed by atoms with Crippen molar-refractivity contribution in [2.75, 3.05) is 26.3 Å². The van der Waals surface area contributed by atoms with E-state index in [0.29, 0.717) is 32.8 Å².